The van der Waals surface area contributed by atoms with Gasteiger partial charge in [0.25, 0.3) is 0 Å². The maximum atomic E-state index is 10.5. The van der Waals surface area contributed by atoms with Crippen LogP contribution in [0.3, 0.4) is 0 Å². The van der Waals surface area contributed by atoms with Crippen LogP contribution in [0, 0.1) is 0 Å². The van der Waals surface area contributed by atoms with Crippen LogP contribution in [-0.4, -0.2) is 29.9 Å². The van der Waals surface area contributed by atoms with E-state index in [2.05, 4.69) is 6.58 Å². The highest BCUT2D eigenvalue weighted by Gasteiger charge is 2.25. The molecule has 1 N–H and O–H groups in total. The monoisotopic (exact) mass is 196 g/mol. The second-order valence-corrected chi connectivity index (χ2v) is 3.14. The van der Waals surface area contributed by atoms with Gasteiger partial charge < -0.3 is 9.84 Å². The Morgan fingerprint density at radius 3 is 2.93 bits per heavy atom. The topological polar surface area (TPSA) is 63.6 Å². The third kappa shape index (κ3) is 2.53. The van der Waals surface area contributed by atoms with Crippen molar-refractivity contribution in [1.82, 2.24) is 0 Å². The SMILES string of the molecule is C=C(C=O)OC1CC(C=O)=CC[C@H]1O. The predicted octanol–water partition coefficient (Wildman–Crippen LogP) is 0.364. The first kappa shape index (κ1) is 10.7. The fourth-order valence-corrected chi connectivity index (χ4v) is 1.31. The summed E-state index contributed by atoms with van der Waals surface area (Å²) in [7, 11) is 0. The highest BCUT2D eigenvalue weighted by Crippen LogP contribution is 2.21. The summed E-state index contributed by atoms with van der Waals surface area (Å²) in [5.74, 6) is -0.0267. The smallest absolute Gasteiger partial charge is 0.184 e. The summed E-state index contributed by atoms with van der Waals surface area (Å²) >= 11 is 0. The first-order valence-electron chi connectivity index (χ1n) is 4.30. The molecule has 0 aliphatic heterocycles. The van der Waals surface area contributed by atoms with Crippen molar-refractivity contribution in [3.8, 4) is 0 Å². The molecule has 0 spiro atoms. The fourth-order valence-electron chi connectivity index (χ4n) is 1.31. The Morgan fingerprint density at radius 1 is 1.64 bits per heavy atom. The van der Waals surface area contributed by atoms with E-state index in [0.717, 1.165) is 6.29 Å². The fraction of sp³-hybridized carbons (Fsp3) is 0.400. The van der Waals surface area contributed by atoms with E-state index in [0.29, 0.717) is 24.7 Å². The lowest BCUT2D eigenvalue weighted by Gasteiger charge is -2.26. The summed E-state index contributed by atoms with van der Waals surface area (Å²) in [6.45, 7) is 3.34. The van der Waals surface area contributed by atoms with E-state index >= 15 is 0 Å². The van der Waals surface area contributed by atoms with Crippen molar-refractivity contribution in [2.75, 3.05) is 0 Å². The minimum Gasteiger partial charge on any atom is -0.485 e. The van der Waals surface area contributed by atoms with Gasteiger partial charge in [-0.3, -0.25) is 9.59 Å². The standard InChI is InChI=1S/C10H12O4/c1-7(5-11)14-10-4-8(6-12)2-3-9(10)13/h2,5-6,9-10,13H,1,3-4H2/t9-,10?/m1/s1. The Balaban J connectivity index is 2.61. The van der Waals surface area contributed by atoms with Crippen LogP contribution >= 0.6 is 0 Å². The van der Waals surface area contributed by atoms with Crippen LogP contribution in [0.2, 0.25) is 0 Å². The number of hydrogen-bond donors (Lipinski definition) is 1. The van der Waals surface area contributed by atoms with Crippen molar-refractivity contribution in [1.29, 1.82) is 0 Å². The van der Waals surface area contributed by atoms with Gasteiger partial charge in [0.05, 0.1) is 6.10 Å². The molecule has 0 saturated carbocycles. The Hall–Kier alpha value is -1.42. The van der Waals surface area contributed by atoms with Crippen LogP contribution in [0.5, 0.6) is 0 Å². The van der Waals surface area contributed by atoms with Crippen molar-refractivity contribution >= 4 is 12.6 Å². The quantitative estimate of drug-likeness (QED) is 0.400. The normalized spacial score (nSPS) is 26.2. The minimum absolute atomic E-state index is 0.0267. The van der Waals surface area contributed by atoms with Gasteiger partial charge >= 0.3 is 0 Å². The first-order chi connectivity index (χ1) is 6.67. The maximum Gasteiger partial charge on any atom is 0.184 e. The first-order valence-corrected chi connectivity index (χ1v) is 4.30. The van der Waals surface area contributed by atoms with Crippen molar-refractivity contribution in [3.63, 3.8) is 0 Å². The summed E-state index contributed by atoms with van der Waals surface area (Å²) < 4.78 is 5.07. The van der Waals surface area contributed by atoms with Gasteiger partial charge in [0.15, 0.2) is 12.0 Å². The van der Waals surface area contributed by atoms with Crippen LogP contribution in [0.1, 0.15) is 12.8 Å². The minimum atomic E-state index is -0.685. The van der Waals surface area contributed by atoms with Crippen molar-refractivity contribution in [3.05, 3.63) is 24.0 Å². The number of aliphatic hydroxyl groups excluding tert-OH is 1. The molecule has 0 aromatic carbocycles. The molecule has 76 valence electrons. The van der Waals surface area contributed by atoms with E-state index in [1.165, 1.54) is 0 Å². The zero-order valence-corrected chi connectivity index (χ0v) is 7.68. The molecular weight excluding hydrogens is 184 g/mol. The summed E-state index contributed by atoms with van der Waals surface area (Å²) in [5, 5.41) is 9.48. The molecule has 2 atom stereocenters. The molecule has 1 unspecified atom stereocenters. The van der Waals surface area contributed by atoms with Crippen LogP contribution in [0.25, 0.3) is 0 Å². The van der Waals surface area contributed by atoms with Gasteiger partial charge in [0, 0.05) is 6.42 Å². The van der Waals surface area contributed by atoms with Gasteiger partial charge in [-0.1, -0.05) is 12.7 Å². The molecule has 0 bridgehead atoms. The highest BCUT2D eigenvalue weighted by molar-refractivity contribution is 5.73. The third-order valence-corrected chi connectivity index (χ3v) is 2.07. The average Bonchev–Trinajstić information content (AvgIpc) is 2.21. The van der Waals surface area contributed by atoms with Gasteiger partial charge in [0.2, 0.25) is 0 Å². The Morgan fingerprint density at radius 2 is 2.36 bits per heavy atom. The van der Waals surface area contributed by atoms with Crippen LogP contribution in [0.4, 0.5) is 0 Å². The van der Waals surface area contributed by atoms with Crippen molar-refractivity contribution in [2.45, 2.75) is 25.0 Å². The number of hydrogen-bond acceptors (Lipinski definition) is 4. The Kier molecular flexibility index (Phi) is 3.59. The lowest BCUT2D eigenvalue weighted by molar-refractivity contribution is -0.110. The summed E-state index contributed by atoms with van der Waals surface area (Å²) in [5.41, 5.74) is 0.582. The molecule has 1 rings (SSSR count). The Bertz CT molecular complexity index is 280. The largest absolute Gasteiger partial charge is 0.485 e. The average molecular weight is 196 g/mol. The lowest BCUT2D eigenvalue weighted by Crippen LogP contribution is -2.32. The summed E-state index contributed by atoms with van der Waals surface area (Å²) in [6, 6.07) is 0. The summed E-state index contributed by atoms with van der Waals surface area (Å²) in [4.78, 5) is 20.7. The molecule has 14 heavy (non-hydrogen) atoms. The van der Waals surface area contributed by atoms with E-state index in [-0.39, 0.29) is 5.76 Å². The zero-order valence-electron chi connectivity index (χ0n) is 7.68. The molecule has 0 heterocycles. The Labute approximate surface area is 81.9 Å². The highest BCUT2D eigenvalue weighted by atomic mass is 16.5. The molecule has 1 aliphatic carbocycles. The van der Waals surface area contributed by atoms with Gasteiger partial charge in [-0.25, -0.2) is 0 Å². The summed E-state index contributed by atoms with van der Waals surface area (Å²) in [6.07, 6.45) is 2.33. The number of aldehydes is 2. The van der Waals surface area contributed by atoms with Gasteiger partial charge in [-0.15, -0.1) is 0 Å². The second kappa shape index (κ2) is 4.72. The van der Waals surface area contributed by atoms with Crippen molar-refractivity contribution < 1.29 is 19.4 Å². The predicted molar refractivity (Wildman–Crippen MR) is 49.5 cm³/mol. The molecular formula is C10H12O4. The number of ether oxygens (including phenoxy) is 1. The van der Waals surface area contributed by atoms with E-state index in [9.17, 15) is 14.7 Å². The number of allylic oxidation sites excluding steroid dienone is 1. The number of carbonyl (C=O) groups excluding carboxylic acids is 2. The molecule has 0 fully saturated rings. The molecule has 0 saturated heterocycles. The molecule has 4 heteroatoms. The van der Waals surface area contributed by atoms with E-state index in [1.807, 2.05) is 0 Å². The number of rotatable bonds is 4. The molecule has 4 nitrogen and oxygen atoms in total. The van der Waals surface area contributed by atoms with Gasteiger partial charge in [-0.2, -0.15) is 0 Å². The zero-order chi connectivity index (χ0) is 10.6. The number of carbonyl (C=O) groups is 2. The molecule has 0 aromatic rings. The molecule has 0 aromatic heterocycles. The van der Waals surface area contributed by atoms with E-state index < -0.39 is 12.2 Å². The van der Waals surface area contributed by atoms with E-state index in [1.54, 1.807) is 6.08 Å². The molecule has 1 aliphatic rings. The lowest BCUT2D eigenvalue weighted by atomic mass is 9.95. The maximum absolute atomic E-state index is 10.5. The third-order valence-electron chi connectivity index (χ3n) is 2.07. The van der Waals surface area contributed by atoms with Gasteiger partial charge in [0.1, 0.15) is 12.4 Å². The van der Waals surface area contributed by atoms with Gasteiger partial charge in [-0.05, 0) is 12.0 Å². The molecule has 0 radical (unpaired) electrons. The van der Waals surface area contributed by atoms with Crippen molar-refractivity contribution in [2.24, 2.45) is 0 Å². The second-order valence-electron chi connectivity index (χ2n) is 3.14. The van der Waals surface area contributed by atoms with E-state index in [4.69, 9.17) is 4.74 Å². The van der Waals surface area contributed by atoms with Crippen LogP contribution in [0.15, 0.2) is 24.0 Å². The number of aliphatic hydroxyl groups is 1. The van der Waals surface area contributed by atoms with Crippen LogP contribution in [-0.2, 0) is 14.3 Å². The van der Waals surface area contributed by atoms with Crippen LogP contribution < -0.4 is 0 Å². The molecule has 0 amide bonds.